The van der Waals surface area contributed by atoms with E-state index in [4.69, 9.17) is 11.6 Å². The number of hydrogen-bond donors (Lipinski definition) is 1. The number of nitrogens with one attached hydrogen (secondary N) is 1. The predicted molar refractivity (Wildman–Crippen MR) is 136 cm³/mol. The molecule has 0 bridgehead atoms. The molecule has 1 N–H and O–H groups in total. The molecule has 1 amide bonds. The van der Waals surface area contributed by atoms with Crippen molar-refractivity contribution < 1.29 is 22.8 Å². The van der Waals surface area contributed by atoms with Gasteiger partial charge in [-0.1, -0.05) is 11.6 Å². The van der Waals surface area contributed by atoms with Crippen LogP contribution >= 0.6 is 11.6 Å². The summed E-state index contributed by atoms with van der Waals surface area (Å²) in [5, 5.41) is 16.5. The molecule has 0 radical (unpaired) electrons. The second-order valence-electron chi connectivity index (χ2n) is 8.56. The number of halogens is 4. The zero-order valence-corrected chi connectivity index (χ0v) is 21.4. The first-order chi connectivity index (χ1) is 18.5. The fraction of sp³-hybridized carbons (Fsp3) is 0.185. The van der Waals surface area contributed by atoms with Crippen molar-refractivity contribution in [3.63, 3.8) is 0 Å². The Hall–Kier alpha value is -4.56. The van der Waals surface area contributed by atoms with E-state index >= 15 is 0 Å². The molecule has 0 fully saturated rings. The molecular formula is C27H20ClF3N6O2. The number of nitrogens with zero attached hydrogens (tertiary/aromatic N) is 5. The second-order valence-corrected chi connectivity index (χ2v) is 8.97. The van der Waals surface area contributed by atoms with Gasteiger partial charge in [-0.05, 0) is 60.5 Å². The largest absolute Gasteiger partial charge is 0.417 e. The van der Waals surface area contributed by atoms with Gasteiger partial charge in [0.1, 0.15) is 5.69 Å². The Morgan fingerprint density at radius 2 is 1.90 bits per heavy atom. The lowest BCUT2D eigenvalue weighted by molar-refractivity contribution is -0.137. The molecule has 3 aromatic heterocycles. The molecule has 3 heterocycles. The van der Waals surface area contributed by atoms with E-state index in [1.54, 1.807) is 25.1 Å². The number of aromatic nitrogens is 4. The first-order valence-electron chi connectivity index (χ1n) is 11.5. The third-order valence-electron chi connectivity index (χ3n) is 5.91. The number of aryl methyl sites for hydroxylation is 1. The lowest BCUT2D eigenvalue weighted by atomic mass is 9.93. The van der Waals surface area contributed by atoms with E-state index in [1.165, 1.54) is 36.1 Å². The smallest absolute Gasteiger partial charge is 0.355 e. The highest BCUT2D eigenvalue weighted by molar-refractivity contribution is 6.32. The SMILES string of the molecule is CNC(=O)c1cc(C#N)cc(C)c1CC(=O)c1cc(Cc2ccc(C(F)(F)F)cn2)nn1-c1ncccc1Cl. The maximum atomic E-state index is 13.6. The fourth-order valence-electron chi connectivity index (χ4n) is 4.00. The highest BCUT2D eigenvalue weighted by atomic mass is 35.5. The van der Waals surface area contributed by atoms with Gasteiger partial charge in [-0.3, -0.25) is 14.6 Å². The number of amides is 1. The highest BCUT2D eigenvalue weighted by Crippen LogP contribution is 2.29. The standard InChI is InChI=1S/C27H20ClF3N6O2/c1-15-8-16(13-32)9-21(26(39)33-2)20(15)12-24(38)23-11-19(36-37(23)25-22(28)4-3-7-34-25)10-18-6-5-17(14-35-18)27(29,30)31/h3-9,11,14H,10,12H2,1-2H3,(H,33,39). The van der Waals surface area contributed by atoms with Crippen molar-refractivity contribution in [2.75, 3.05) is 7.05 Å². The topological polar surface area (TPSA) is 114 Å². The minimum Gasteiger partial charge on any atom is -0.355 e. The molecular weight excluding hydrogens is 533 g/mol. The van der Waals surface area contributed by atoms with Crippen molar-refractivity contribution in [1.29, 1.82) is 5.26 Å². The number of hydrogen-bond acceptors (Lipinski definition) is 6. The van der Waals surface area contributed by atoms with Crippen molar-refractivity contribution in [1.82, 2.24) is 25.1 Å². The van der Waals surface area contributed by atoms with Gasteiger partial charge in [0.2, 0.25) is 0 Å². The molecule has 1 aromatic carbocycles. The summed E-state index contributed by atoms with van der Waals surface area (Å²) in [6.45, 7) is 1.70. The van der Waals surface area contributed by atoms with E-state index in [-0.39, 0.29) is 40.5 Å². The van der Waals surface area contributed by atoms with Crippen LogP contribution in [-0.4, -0.2) is 38.5 Å². The number of ketones is 1. The van der Waals surface area contributed by atoms with Crippen LogP contribution in [0, 0.1) is 18.3 Å². The highest BCUT2D eigenvalue weighted by Gasteiger charge is 2.30. The van der Waals surface area contributed by atoms with Gasteiger partial charge in [-0.2, -0.15) is 23.5 Å². The van der Waals surface area contributed by atoms with Crippen LogP contribution in [0.2, 0.25) is 5.02 Å². The quantitative estimate of drug-likeness (QED) is 0.327. The zero-order valence-electron chi connectivity index (χ0n) is 20.7. The normalized spacial score (nSPS) is 11.2. The number of carbonyl (C=O) groups is 2. The third-order valence-corrected chi connectivity index (χ3v) is 6.21. The van der Waals surface area contributed by atoms with E-state index in [2.05, 4.69) is 20.4 Å². The summed E-state index contributed by atoms with van der Waals surface area (Å²) in [4.78, 5) is 34.3. The summed E-state index contributed by atoms with van der Waals surface area (Å²) in [6.07, 6.45) is -2.46. The van der Waals surface area contributed by atoms with E-state index in [0.717, 1.165) is 12.3 Å². The summed E-state index contributed by atoms with van der Waals surface area (Å²) in [5.74, 6) is -0.695. The Morgan fingerprint density at radius 3 is 2.51 bits per heavy atom. The molecule has 0 unspecified atom stereocenters. The minimum absolute atomic E-state index is 0.0370. The van der Waals surface area contributed by atoms with Gasteiger partial charge >= 0.3 is 6.18 Å². The zero-order chi connectivity index (χ0) is 28.3. The summed E-state index contributed by atoms with van der Waals surface area (Å²) >= 11 is 6.33. The number of Topliss-reactive ketones (excluding diaryl/α,β-unsaturated/α-hetero) is 1. The number of benzene rings is 1. The van der Waals surface area contributed by atoms with Gasteiger partial charge in [0.25, 0.3) is 5.91 Å². The van der Waals surface area contributed by atoms with Gasteiger partial charge in [0, 0.05) is 43.5 Å². The molecule has 39 heavy (non-hydrogen) atoms. The van der Waals surface area contributed by atoms with Crippen molar-refractivity contribution in [3.05, 3.63) is 105 Å². The summed E-state index contributed by atoms with van der Waals surface area (Å²) < 4.78 is 40.0. The first-order valence-corrected chi connectivity index (χ1v) is 11.9. The van der Waals surface area contributed by atoms with Gasteiger partial charge in [0.15, 0.2) is 11.6 Å². The molecule has 198 valence electrons. The lowest BCUT2D eigenvalue weighted by Gasteiger charge is -2.13. The molecule has 0 aliphatic carbocycles. The summed E-state index contributed by atoms with van der Waals surface area (Å²) in [5.41, 5.74) is 1.36. The molecule has 4 aromatic rings. The van der Waals surface area contributed by atoms with Crippen LogP contribution in [0.25, 0.3) is 5.82 Å². The van der Waals surface area contributed by atoms with Crippen LogP contribution < -0.4 is 5.32 Å². The van der Waals surface area contributed by atoms with Crippen molar-refractivity contribution in [3.8, 4) is 11.9 Å². The molecule has 8 nitrogen and oxygen atoms in total. The average molecular weight is 553 g/mol. The van der Waals surface area contributed by atoms with Gasteiger partial charge < -0.3 is 5.32 Å². The Morgan fingerprint density at radius 1 is 1.13 bits per heavy atom. The van der Waals surface area contributed by atoms with E-state index in [1.807, 2.05) is 6.07 Å². The predicted octanol–water partition coefficient (Wildman–Crippen LogP) is 4.89. The van der Waals surface area contributed by atoms with Crippen LogP contribution in [0.4, 0.5) is 13.2 Å². The van der Waals surface area contributed by atoms with Crippen LogP contribution in [0.1, 0.15) is 54.5 Å². The number of alkyl halides is 3. The number of pyridine rings is 2. The molecule has 0 spiro atoms. The van der Waals surface area contributed by atoms with Crippen molar-refractivity contribution >= 4 is 23.3 Å². The first kappa shape index (κ1) is 27.5. The number of rotatable bonds is 7. The Labute approximate surface area is 226 Å². The van der Waals surface area contributed by atoms with Crippen LogP contribution in [-0.2, 0) is 19.0 Å². The summed E-state index contributed by atoms with van der Waals surface area (Å²) in [7, 11) is 1.45. The van der Waals surface area contributed by atoms with Gasteiger partial charge in [0.05, 0.1) is 27.9 Å². The molecule has 0 aliphatic heterocycles. The molecule has 0 saturated carbocycles. The Bertz CT molecular complexity index is 1610. The second kappa shape index (κ2) is 11.0. The van der Waals surface area contributed by atoms with Crippen molar-refractivity contribution in [2.24, 2.45) is 0 Å². The molecule has 0 atom stereocenters. The molecule has 12 heteroatoms. The van der Waals surface area contributed by atoms with Crippen LogP contribution in [0.5, 0.6) is 0 Å². The number of nitriles is 1. The molecule has 0 aliphatic rings. The van der Waals surface area contributed by atoms with E-state index in [0.29, 0.717) is 22.5 Å². The van der Waals surface area contributed by atoms with Crippen LogP contribution in [0.3, 0.4) is 0 Å². The Balaban J connectivity index is 1.75. The number of carbonyl (C=O) groups excluding carboxylic acids is 2. The van der Waals surface area contributed by atoms with Crippen LogP contribution in [0.15, 0.2) is 54.9 Å². The van der Waals surface area contributed by atoms with E-state index < -0.39 is 23.4 Å². The average Bonchev–Trinajstić information content (AvgIpc) is 3.32. The van der Waals surface area contributed by atoms with Crippen molar-refractivity contribution in [2.45, 2.75) is 25.9 Å². The van der Waals surface area contributed by atoms with Gasteiger partial charge in [-0.25, -0.2) is 9.67 Å². The Kier molecular flexibility index (Phi) is 7.78. The van der Waals surface area contributed by atoms with E-state index in [9.17, 15) is 28.0 Å². The minimum atomic E-state index is -4.51. The lowest BCUT2D eigenvalue weighted by Crippen LogP contribution is -2.22. The fourth-order valence-corrected chi connectivity index (χ4v) is 4.20. The summed E-state index contributed by atoms with van der Waals surface area (Å²) in [6, 6.07) is 11.9. The monoisotopic (exact) mass is 552 g/mol. The third kappa shape index (κ3) is 5.97. The maximum Gasteiger partial charge on any atom is 0.417 e. The maximum absolute atomic E-state index is 13.6. The van der Waals surface area contributed by atoms with Gasteiger partial charge in [-0.15, -0.1) is 0 Å². The molecule has 4 rings (SSSR count). The molecule has 0 saturated heterocycles.